The summed E-state index contributed by atoms with van der Waals surface area (Å²) in [6.45, 7) is 0. The number of rotatable bonds is 7. The normalized spacial score (nSPS) is 11.8. The monoisotopic (exact) mass is 387 g/mol. The van der Waals surface area contributed by atoms with Crippen LogP contribution in [0.5, 0.6) is 23.0 Å². The lowest BCUT2D eigenvalue weighted by Crippen LogP contribution is -2.42. The second-order valence-electron chi connectivity index (χ2n) is 5.88. The van der Waals surface area contributed by atoms with Crippen LogP contribution < -0.4 is 10.1 Å². The van der Waals surface area contributed by atoms with E-state index in [0.717, 1.165) is 0 Å². The molecule has 1 atom stereocenters. The van der Waals surface area contributed by atoms with E-state index in [1.165, 1.54) is 50.6 Å². The molecule has 2 aromatic rings. The van der Waals surface area contributed by atoms with Crippen molar-refractivity contribution in [1.82, 2.24) is 5.32 Å². The minimum absolute atomic E-state index is 0.0589. The number of methoxy groups -OCH3 is 2. The predicted octanol–water partition coefficient (Wildman–Crippen LogP) is 1.73. The Bertz CT molecular complexity index is 892. The zero-order valence-corrected chi connectivity index (χ0v) is 15.4. The maximum absolute atomic E-state index is 12.2. The third-order valence-electron chi connectivity index (χ3n) is 3.91. The molecular weight excluding hydrogens is 366 g/mol. The van der Waals surface area contributed by atoms with Gasteiger partial charge in [-0.15, -0.1) is 0 Å². The Balaban J connectivity index is 2.08. The van der Waals surface area contributed by atoms with E-state index < -0.39 is 17.9 Å². The number of aromatic hydroxyl groups is 3. The Morgan fingerprint density at radius 1 is 1.04 bits per heavy atom. The van der Waals surface area contributed by atoms with E-state index in [-0.39, 0.29) is 23.7 Å². The van der Waals surface area contributed by atoms with E-state index in [4.69, 9.17) is 9.47 Å². The largest absolute Gasteiger partial charge is 0.504 e. The highest BCUT2D eigenvalue weighted by Gasteiger charge is 2.21. The second kappa shape index (κ2) is 9.31. The van der Waals surface area contributed by atoms with Gasteiger partial charge in [0.05, 0.1) is 14.2 Å². The SMILES string of the molecule is COC(=O)[C@@H](Cc1ccc(O)c(O)c1)NC(=O)/C=C/c1ccc(OC)c(O)c1. The first kappa shape index (κ1) is 20.6. The zero-order valence-electron chi connectivity index (χ0n) is 15.4. The van der Waals surface area contributed by atoms with Gasteiger partial charge in [-0.1, -0.05) is 12.1 Å². The van der Waals surface area contributed by atoms with Crippen LogP contribution in [0.15, 0.2) is 42.5 Å². The van der Waals surface area contributed by atoms with Gasteiger partial charge < -0.3 is 30.1 Å². The van der Waals surface area contributed by atoms with Crippen molar-refractivity contribution >= 4 is 18.0 Å². The maximum Gasteiger partial charge on any atom is 0.328 e. The second-order valence-corrected chi connectivity index (χ2v) is 5.88. The fraction of sp³-hybridized carbons (Fsp3) is 0.200. The summed E-state index contributed by atoms with van der Waals surface area (Å²) < 4.78 is 9.66. The van der Waals surface area contributed by atoms with Crippen molar-refractivity contribution < 1.29 is 34.4 Å². The van der Waals surface area contributed by atoms with Gasteiger partial charge in [-0.05, 0) is 41.5 Å². The molecule has 0 aliphatic carbocycles. The van der Waals surface area contributed by atoms with E-state index in [1.807, 2.05) is 0 Å². The molecule has 0 saturated carbocycles. The molecule has 0 bridgehead atoms. The van der Waals surface area contributed by atoms with E-state index in [9.17, 15) is 24.9 Å². The zero-order chi connectivity index (χ0) is 20.7. The molecular formula is C20H21NO7. The van der Waals surface area contributed by atoms with E-state index >= 15 is 0 Å². The predicted molar refractivity (Wildman–Crippen MR) is 101 cm³/mol. The number of ether oxygens (including phenoxy) is 2. The Morgan fingerprint density at radius 2 is 1.79 bits per heavy atom. The van der Waals surface area contributed by atoms with Crippen molar-refractivity contribution in [2.24, 2.45) is 0 Å². The molecule has 0 fully saturated rings. The van der Waals surface area contributed by atoms with Crippen LogP contribution in [0.25, 0.3) is 6.08 Å². The Morgan fingerprint density at radius 3 is 2.39 bits per heavy atom. The quantitative estimate of drug-likeness (QED) is 0.324. The van der Waals surface area contributed by atoms with Crippen molar-refractivity contribution in [3.8, 4) is 23.0 Å². The van der Waals surface area contributed by atoms with E-state index in [0.29, 0.717) is 16.9 Å². The molecule has 2 rings (SSSR count). The molecule has 0 unspecified atom stereocenters. The summed E-state index contributed by atoms with van der Waals surface area (Å²) >= 11 is 0. The summed E-state index contributed by atoms with van der Waals surface area (Å²) in [6.07, 6.45) is 2.74. The molecule has 8 nitrogen and oxygen atoms in total. The summed E-state index contributed by atoms with van der Waals surface area (Å²) in [7, 11) is 2.63. The van der Waals surface area contributed by atoms with Gasteiger partial charge in [-0.2, -0.15) is 0 Å². The average Bonchev–Trinajstić information content (AvgIpc) is 2.68. The lowest BCUT2D eigenvalue weighted by molar-refractivity contribution is -0.144. The number of phenols is 3. The number of esters is 1. The lowest BCUT2D eigenvalue weighted by Gasteiger charge is -2.16. The van der Waals surface area contributed by atoms with Crippen LogP contribution in [0, 0.1) is 0 Å². The number of benzene rings is 2. The van der Waals surface area contributed by atoms with Crippen LogP contribution in [0.4, 0.5) is 0 Å². The highest BCUT2D eigenvalue weighted by molar-refractivity contribution is 5.94. The van der Waals surface area contributed by atoms with Crippen molar-refractivity contribution in [3.63, 3.8) is 0 Å². The molecule has 0 spiro atoms. The Labute approximate surface area is 161 Å². The number of amides is 1. The molecule has 0 aliphatic heterocycles. The van der Waals surface area contributed by atoms with Gasteiger partial charge in [-0.3, -0.25) is 4.79 Å². The smallest absolute Gasteiger partial charge is 0.328 e. The van der Waals surface area contributed by atoms with Crippen LogP contribution in [0.1, 0.15) is 11.1 Å². The topological polar surface area (TPSA) is 125 Å². The minimum atomic E-state index is -0.990. The van der Waals surface area contributed by atoms with Crippen molar-refractivity contribution in [2.75, 3.05) is 14.2 Å². The van der Waals surface area contributed by atoms with Crippen LogP contribution in [0.2, 0.25) is 0 Å². The molecule has 0 aliphatic rings. The maximum atomic E-state index is 12.2. The highest BCUT2D eigenvalue weighted by Crippen LogP contribution is 2.27. The molecule has 0 saturated heterocycles. The number of carbonyl (C=O) groups is 2. The van der Waals surface area contributed by atoms with Crippen LogP contribution in [-0.2, 0) is 20.7 Å². The third-order valence-corrected chi connectivity index (χ3v) is 3.91. The molecule has 2 aromatic carbocycles. The molecule has 28 heavy (non-hydrogen) atoms. The van der Waals surface area contributed by atoms with Crippen molar-refractivity contribution in [2.45, 2.75) is 12.5 Å². The number of phenolic OH excluding ortho intramolecular Hbond substituents is 3. The van der Waals surface area contributed by atoms with E-state index in [1.54, 1.807) is 12.1 Å². The molecule has 148 valence electrons. The summed E-state index contributed by atoms with van der Waals surface area (Å²) in [6, 6.07) is 7.76. The first-order chi connectivity index (χ1) is 13.3. The van der Waals surface area contributed by atoms with E-state index in [2.05, 4.69) is 5.32 Å². The molecule has 0 aromatic heterocycles. The average molecular weight is 387 g/mol. The number of carbonyl (C=O) groups excluding carboxylic acids is 2. The van der Waals surface area contributed by atoms with Gasteiger partial charge in [0.1, 0.15) is 6.04 Å². The molecule has 0 heterocycles. The lowest BCUT2D eigenvalue weighted by atomic mass is 10.1. The fourth-order valence-corrected chi connectivity index (χ4v) is 2.47. The van der Waals surface area contributed by atoms with Crippen molar-refractivity contribution in [3.05, 3.63) is 53.6 Å². The number of hydrogen-bond acceptors (Lipinski definition) is 7. The summed E-state index contributed by atoms with van der Waals surface area (Å²) in [5.41, 5.74) is 1.08. The summed E-state index contributed by atoms with van der Waals surface area (Å²) in [5, 5.41) is 31.2. The molecule has 4 N–H and O–H groups in total. The molecule has 8 heteroatoms. The number of hydrogen-bond donors (Lipinski definition) is 4. The van der Waals surface area contributed by atoms with Gasteiger partial charge in [-0.25, -0.2) is 4.79 Å². The van der Waals surface area contributed by atoms with Gasteiger partial charge in [0.15, 0.2) is 23.0 Å². The van der Waals surface area contributed by atoms with Gasteiger partial charge >= 0.3 is 5.97 Å². The molecule has 0 radical (unpaired) electrons. The van der Waals surface area contributed by atoms with Crippen LogP contribution in [-0.4, -0.2) is 47.5 Å². The van der Waals surface area contributed by atoms with Crippen molar-refractivity contribution in [1.29, 1.82) is 0 Å². The number of nitrogens with one attached hydrogen (secondary N) is 1. The van der Waals surface area contributed by atoms with Gasteiger partial charge in [0.2, 0.25) is 5.91 Å². The van der Waals surface area contributed by atoms with Gasteiger partial charge in [0, 0.05) is 12.5 Å². The first-order valence-electron chi connectivity index (χ1n) is 8.28. The van der Waals surface area contributed by atoms with Gasteiger partial charge in [0.25, 0.3) is 0 Å². The minimum Gasteiger partial charge on any atom is -0.504 e. The Kier molecular flexibility index (Phi) is 6.86. The standard InChI is InChI=1S/C20H21NO7/c1-27-18-7-4-12(10-17(18)24)5-8-19(25)21-14(20(26)28-2)9-13-3-6-15(22)16(23)11-13/h3-8,10-11,14,22-24H,9H2,1-2H3,(H,21,25)/b8-5+/t14-/m1/s1. The summed E-state index contributed by atoms with van der Waals surface area (Å²) in [5.74, 6) is -1.57. The third kappa shape index (κ3) is 5.41. The summed E-state index contributed by atoms with van der Waals surface area (Å²) in [4.78, 5) is 24.2. The highest BCUT2D eigenvalue weighted by atomic mass is 16.5. The van der Waals surface area contributed by atoms with Crippen LogP contribution in [0.3, 0.4) is 0 Å². The fourth-order valence-electron chi connectivity index (χ4n) is 2.47. The Hall–Kier alpha value is -3.68. The first-order valence-corrected chi connectivity index (χ1v) is 8.28. The molecule has 1 amide bonds. The van der Waals surface area contributed by atoms with Crippen LogP contribution >= 0.6 is 0 Å².